The van der Waals surface area contributed by atoms with E-state index in [9.17, 15) is 0 Å². The van der Waals surface area contributed by atoms with Gasteiger partial charge >= 0.3 is 0 Å². The van der Waals surface area contributed by atoms with Crippen LogP contribution < -0.4 is 20.5 Å². The van der Waals surface area contributed by atoms with Crippen molar-refractivity contribution in [1.29, 1.82) is 0 Å². The number of hydrogen-bond donors (Lipinski definition) is 2. The van der Waals surface area contributed by atoms with Gasteiger partial charge in [-0.2, -0.15) is 0 Å². The molecule has 0 aliphatic heterocycles. The van der Waals surface area contributed by atoms with E-state index in [0.717, 1.165) is 31.7 Å². The molecule has 6 nitrogen and oxygen atoms in total. The van der Waals surface area contributed by atoms with Crippen molar-refractivity contribution in [2.45, 2.75) is 51.9 Å². The number of guanidine groups is 1. The van der Waals surface area contributed by atoms with Crippen molar-refractivity contribution >= 4 is 11.6 Å². The Morgan fingerprint density at radius 2 is 1.65 bits per heavy atom. The van der Waals surface area contributed by atoms with Gasteiger partial charge in [-0.05, 0) is 25.0 Å². The number of nitrogens with one attached hydrogen (secondary N) is 1. The number of anilines is 1. The Kier molecular flexibility index (Phi) is 12.1. The Morgan fingerprint density at radius 3 is 2.38 bits per heavy atom. The van der Waals surface area contributed by atoms with Gasteiger partial charge in [0.15, 0.2) is 17.5 Å². The van der Waals surface area contributed by atoms with Gasteiger partial charge in [-0.25, -0.2) is 0 Å². The van der Waals surface area contributed by atoms with Crippen molar-refractivity contribution in [3.05, 3.63) is 18.2 Å². The van der Waals surface area contributed by atoms with Gasteiger partial charge < -0.3 is 25.3 Å². The second-order valence-electron chi connectivity index (χ2n) is 6.20. The number of hydrogen-bond acceptors (Lipinski definition) is 4. The molecule has 0 aliphatic carbocycles. The summed E-state index contributed by atoms with van der Waals surface area (Å²) in [5.41, 5.74) is 6.72. The molecule has 0 aliphatic rings. The van der Waals surface area contributed by atoms with Crippen LogP contribution in [0.5, 0.6) is 11.5 Å². The van der Waals surface area contributed by atoms with Crippen molar-refractivity contribution in [3.63, 3.8) is 0 Å². The maximum Gasteiger partial charge on any atom is 0.193 e. The van der Waals surface area contributed by atoms with Crippen LogP contribution in [0.25, 0.3) is 0 Å². The third-order valence-corrected chi connectivity index (χ3v) is 4.03. The first-order chi connectivity index (χ1) is 12.7. The minimum absolute atomic E-state index is 0.383. The molecule has 0 spiro atoms. The SMILES string of the molecule is CCCCCCCCOCCCN=C(N)Nc1ccc(OC)c(OC)c1. The highest BCUT2D eigenvalue weighted by molar-refractivity contribution is 5.92. The highest BCUT2D eigenvalue weighted by Gasteiger charge is 2.04. The summed E-state index contributed by atoms with van der Waals surface area (Å²) in [4.78, 5) is 4.32. The summed E-state index contributed by atoms with van der Waals surface area (Å²) >= 11 is 0. The number of benzene rings is 1. The molecule has 0 fully saturated rings. The molecule has 1 aromatic carbocycles. The molecule has 0 radical (unpaired) electrons. The summed E-state index contributed by atoms with van der Waals surface area (Å²) < 4.78 is 16.1. The average molecular weight is 366 g/mol. The van der Waals surface area contributed by atoms with E-state index in [1.54, 1.807) is 14.2 Å². The maximum atomic E-state index is 5.91. The zero-order valence-electron chi connectivity index (χ0n) is 16.6. The quantitative estimate of drug-likeness (QED) is 0.293. The molecule has 0 saturated carbocycles. The molecule has 148 valence electrons. The minimum Gasteiger partial charge on any atom is -0.493 e. The molecule has 1 aromatic rings. The molecular weight excluding hydrogens is 330 g/mol. The monoisotopic (exact) mass is 365 g/mol. The second kappa shape index (κ2) is 14.2. The normalized spacial score (nSPS) is 11.4. The van der Waals surface area contributed by atoms with Crippen LogP contribution in [0.2, 0.25) is 0 Å². The lowest BCUT2D eigenvalue weighted by atomic mass is 10.1. The third-order valence-electron chi connectivity index (χ3n) is 4.03. The molecule has 26 heavy (non-hydrogen) atoms. The summed E-state index contributed by atoms with van der Waals surface area (Å²) in [6.07, 6.45) is 8.58. The highest BCUT2D eigenvalue weighted by atomic mass is 16.5. The van der Waals surface area contributed by atoms with Crippen molar-refractivity contribution in [2.24, 2.45) is 10.7 Å². The first-order valence-electron chi connectivity index (χ1n) is 9.58. The lowest BCUT2D eigenvalue weighted by molar-refractivity contribution is 0.129. The number of unbranched alkanes of at least 4 members (excludes halogenated alkanes) is 5. The van der Waals surface area contributed by atoms with Crippen LogP contribution in [0, 0.1) is 0 Å². The molecule has 1 rings (SSSR count). The van der Waals surface area contributed by atoms with Gasteiger partial charge in [0.2, 0.25) is 0 Å². The topological polar surface area (TPSA) is 78.1 Å². The van der Waals surface area contributed by atoms with Gasteiger partial charge in [-0.1, -0.05) is 39.0 Å². The first kappa shape index (κ1) is 22.1. The van der Waals surface area contributed by atoms with Crippen molar-refractivity contribution in [2.75, 3.05) is 39.3 Å². The third kappa shape index (κ3) is 9.51. The molecule has 0 atom stereocenters. The summed E-state index contributed by atoms with van der Waals surface area (Å²) in [7, 11) is 3.21. The van der Waals surface area contributed by atoms with E-state index in [1.165, 1.54) is 32.1 Å². The number of nitrogens with two attached hydrogens (primary N) is 1. The minimum atomic E-state index is 0.383. The largest absolute Gasteiger partial charge is 0.493 e. The fourth-order valence-electron chi connectivity index (χ4n) is 2.55. The Hall–Kier alpha value is -1.95. The lowest BCUT2D eigenvalue weighted by Gasteiger charge is -2.11. The molecular formula is C20H35N3O3. The van der Waals surface area contributed by atoms with E-state index >= 15 is 0 Å². The van der Waals surface area contributed by atoms with Gasteiger partial charge in [0.1, 0.15) is 0 Å². The summed E-state index contributed by atoms with van der Waals surface area (Å²) in [5.74, 6) is 1.71. The predicted molar refractivity (Wildman–Crippen MR) is 108 cm³/mol. The smallest absolute Gasteiger partial charge is 0.193 e. The molecule has 0 amide bonds. The molecule has 0 saturated heterocycles. The molecule has 0 unspecified atom stereocenters. The van der Waals surface area contributed by atoms with E-state index < -0.39 is 0 Å². The van der Waals surface area contributed by atoms with Crippen LogP contribution in [0.4, 0.5) is 5.69 Å². The highest BCUT2D eigenvalue weighted by Crippen LogP contribution is 2.29. The van der Waals surface area contributed by atoms with E-state index in [2.05, 4.69) is 17.2 Å². The van der Waals surface area contributed by atoms with Crippen LogP contribution in [0.3, 0.4) is 0 Å². The van der Waals surface area contributed by atoms with Crippen LogP contribution in [0.1, 0.15) is 51.9 Å². The fourth-order valence-corrected chi connectivity index (χ4v) is 2.55. The van der Waals surface area contributed by atoms with Crippen LogP contribution >= 0.6 is 0 Å². The van der Waals surface area contributed by atoms with Gasteiger partial charge in [0.25, 0.3) is 0 Å². The van der Waals surface area contributed by atoms with E-state index in [1.807, 2.05) is 18.2 Å². The fraction of sp³-hybridized carbons (Fsp3) is 0.650. The molecule has 0 bridgehead atoms. The van der Waals surface area contributed by atoms with Gasteiger partial charge in [-0.3, -0.25) is 4.99 Å². The van der Waals surface area contributed by atoms with E-state index in [-0.39, 0.29) is 0 Å². The second-order valence-corrected chi connectivity index (χ2v) is 6.20. The average Bonchev–Trinajstić information content (AvgIpc) is 2.66. The number of rotatable bonds is 14. The zero-order valence-corrected chi connectivity index (χ0v) is 16.6. The van der Waals surface area contributed by atoms with Crippen LogP contribution in [0.15, 0.2) is 23.2 Å². The first-order valence-corrected chi connectivity index (χ1v) is 9.58. The number of methoxy groups -OCH3 is 2. The predicted octanol–water partition coefficient (Wildman–Crippen LogP) is 4.20. The van der Waals surface area contributed by atoms with Crippen molar-refractivity contribution in [1.82, 2.24) is 0 Å². The van der Waals surface area contributed by atoms with Crippen molar-refractivity contribution in [3.8, 4) is 11.5 Å². The lowest BCUT2D eigenvalue weighted by Crippen LogP contribution is -2.23. The van der Waals surface area contributed by atoms with E-state index in [4.69, 9.17) is 19.9 Å². The maximum absolute atomic E-state index is 5.91. The summed E-state index contributed by atoms with van der Waals surface area (Å²) in [5, 5.41) is 3.05. The zero-order chi connectivity index (χ0) is 19.0. The molecule has 0 heterocycles. The van der Waals surface area contributed by atoms with Crippen LogP contribution in [-0.2, 0) is 4.74 Å². The Morgan fingerprint density at radius 1 is 0.962 bits per heavy atom. The summed E-state index contributed by atoms with van der Waals surface area (Å²) in [6, 6.07) is 5.52. The Balaban J connectivity index is 2.14. The van der Waals surface area contributed by atoms with Crippen molar-refractivity contribution < 1.29 is 14.2 Å². The van der Waals surface area contributed by atoms with Gasteiger partial charge in [0.05, 0.1) is 14.2 Å². The Labute approximate surface area is 158 Å². The van der Waals surface area contributed by atoms with Gasteiger partial charge in [0, 0.05) is 31.5 Å². The van der Waals surface area contributed by atoms with E-state index in [0.29, 0.717) is 24.0 Å². The van der Waals surface area contributed by atoms with Gasteiger partial charge in [-0.15, -0.1) is 0 Å². The number of aliphatic imine (C=N–C) groups is 1. The molecule has 0 aromatic heterocycles. The standard InChI is InChI=1S/C20H35N3O3/c1-4-5-6-7-8-9-14-26-15-10-13-22-20(21)23-17-11-12-18(24-2)19(16-17)25-3/h11-12,16H,4-10,13-15H2,1-3H3,(H3,21,22,23). The summed E-state index contributed by atoms with van der Waals surface area (Å²) in [6.45, 7) is 4.45. The molecule has 3 N–H and O–H groups in total. The Bertz CT molecular complexity index is 521. The van der Waals surface area contributed by atoms with Crippen LogP contribution in [-0.4, -0.2) is 39.9 Å². The number of nitrogens with zero attached hydrogens (tertiary/aromatic N) is 1. The molecule has 6 heteroatoms. The number of ether oxygens (including phenoxy) is 3.